The third-order valence-corrected chi connectivity index (χ3v) is 4.04. The second-order valence-electron chi connectivity index (χ2n) is 4.52. The van der Waals surface area contributed by atoms with Crippen LogP contribution in [-0.2, 0) is 0 Å². The molecule has 20 heavy (non-hydrogen) atoms. The van der Waals surface area contributed by atoms with Crippen LogP contribution in [0.15, 0.2) is 77.7 Å². The van der Waals surface area contributed by atoms with Crippen molar-refractivity contribution in [2.75, 3.05) is 12.4 Å². The topological polar surface area (TPSA) is 9.23 Å². The lowest BCUT2D eigenvalue weighted by molar-refractivity contribution is 0.344. The van der Waals surface area contributed by atoms with Crippen molar-refractivity contribution in [3.63, 3.8) is 0 Å². The van der Waals surface area contributed by atoms with E-state index in [2.05, 4.69) is 42.5 Å². The fourth-order valence-electron chi connectivity index (χ4n) is 2.09. The number of thioether (sulfide) groups is 1. The Bertz CT molecular complexity index is 679. The average molecular weight is 280 g/mol. The van der Waals surface area contributed by atoms with Gasteiger partial charge < -0.3 is 4.74 Å². The van der Waals surface area contributed by atoms with E-state index in [-0.39, 0.29) is 0 Å². The molecule has 0 amide bonds. The Morgan fingerprint density at radius 2 is 1.50 bits per heavy atom. The van der Waals surface area contributed by atoms with E-state index in [0.29, 0.717) is 0 Å². The number of hydrogen-bond acceptors (Lipinski definition) is 2. The maximum absolute atomic E-state index is 5.69. The second-order valence-corrected chi connectivity index (χ2v) is 5.69. The highest BCUT2D eigenvalue weighted by Crippen LogP contribution is 2.23. The number of hydrogen-bond donors (Lipinski definition) is 0. The summed E-state index contributed by atoms with van der Waals surface area (Å²) in [5.74, 6) is 1.89. The second kappa shape index (κ2) is 6.49. The highest BCUT2D eigenvalue weighted by molar-refractivity contribution is 7.99. The molecule has 0 aromatic heterocycles. The first-order valence-corrected chi connectivity index (χ1v) is 7.70. The maximum Gasteiger partial charge on any atom is 0.119 e. The Morgan fingerprint density at radius 3 is 2.35 bits per heavy atom. The lowest BCUT2D eigenvalue weighted by atomic mass is 10.1. The molecule has 0 aliphatic heterocycles. The number of benzene rings is 3. The van der Waals surface area contributed by atoms with Gasteiger partial charge in [-0.2, -0.15) is 0 Å². The van der Waals surface area contributed by atoms with Gasteiger partial charge in [-0.1, -0.05) is 48.5 Å². The predicted octanol–water partition coefficient (Wildman–Crippen LogP) is 5.01. The molecule has 0 spiro atoms. The van der Waals surface area contributed by atoms with Gasteiger partial charge in [0.2, 0.25) is 0 Å². The molecule has 0 fully saturated rings. The average Bonchev–Trinajstić information content (AvgIpc) is 2.52. The van der Waals surface area contributed by atoms with Gasteiger partial charge in [0.05, 0.1) is 6.61 Å². The molecular weight excluding hydrogens is 264 g/mol. The summed E-state index contributed by atoms with van der Waals surface area (Å²) in [7, 11) is 0. The molecule has 0 aliphatic carbocycles. The first kappa shape index (κ1) is 13.1. The van der Waals surface area contributed by atoms with Crippen LogP contribution in [0.2, 0.25) is 0 Å². The summed E-state index contributed by atoms with van der Waals surface area (Å²) in [5.41, 5.74) is 0. The van der Waals surface area contributed by atoms with Gasteiger partial charge in [-0.15, -0.1) is 11.8 Å². The van der Waals surface area contributed by atoms with E-state index in [1.54, 1.807) is 0 Å². The van der Waals surface area contributed by atoms with Crippen LogP contribution in [-0.4, -0.2) is 12.4 Å². The van der Waals surface area contributed by atoms with Crippen LogP contribution in [0, 0.1) is 0 Å². The lowest BCUT2D eigenvalue weighted by Gasteiger charge is -2.06. The molecule has 0 N–H and O–H groups in total. The molecule has 0 bridgehead atoms. The van der Waals surface area contributed by atoms with Gasteiger partial charge in [0.25, 0.3) is 0 Å². The van der Waals surface area contributed by atoms with Crippen molar-refractivity contribution in [3.05, 3.63) is 72.8 Å². The van der Waals surface area contributed by atoms with Crippen molar-refractivity contribution in [2.45, 2.75) is 4.90 Å². The van der Waals surface area contributed by atoms with Crippen molar-refractivity contribution >= 4 is 22.5 Å². The lowest BCUT2D eigenvalue weighted by Crippen LogP contribution is -1.99. The zero-order chi connectivity index (χ0) is 13.6. The molecule has 0 heterocycles. The molecule has 0 atom stereocenters. The zero-order valence-corrected chi connectivity index (χ0v) is 12.0. The summed E-state index contributed by atoms with van der Waals surface area (Å²) in [6, 6.07) is 25.0. The Labute approximate surface area is 123 Å². The van der Waals surface area contributed by atoms with Crippen LogP contribution < -0.4 is 4.74 Å². The highest BCUT2D eigenvalue weighted by atomic mass is 32.2. The van der Waals surface area contributed by atoms with E-state index in [0.717, 1.165) is 18.1 Å². The van der Waals surface area contributed by atoms with Gasteiger partial charge in [0, 0.05) is 10.6 Å². The SMILES string of the molecule is c1ccc(OCCSc2ccc3ccccc3c2)cc1. The third-order valence-electron chi connectivity index (χ3n) is 3.08. The Kier molecular flexibility index (Phi) is 4.24. The normalized spacial score (nSPS) is 10.6. The molecule has 100 valence electrons. The number of fused-ring (bicyclic) bond motifs is 1. The van der Waals surface area contributed by atoms with Gasteiger partial charge in [-0.05, 0) is 35.0 Å². The molecule has 0 saturated carbocycles. The first-order valence-electron chi connectivity index (χ1n) is 6.71. The standard InChI is InChI=1S/C18H16OS/c1-2-8-17(9-3-1)19-12-13-20-18-11-10-15-6-4-5-7-16(15)14-18/h1-11,14H,12-13H2. The molecular formula is C18H16OS. The van der Waals surface area contributed by atoms with E-state index in [1.165, 1.54) is 15.7 Å². The zero-order valence-electron chi connectivity index (χ0n) is 11.2. The summed E-state index contributed by atoms with van der Waals surface area (Å²) < 4.78 is 5.69. The number of para-hydroxylation sites is 1. The van der Waals surface area contributed by atoms with Crippen molar-refractivity contribution in [1.29, 1.82) is 0 Å². The van der Waals surface area contributed by atoms with Crippen molar-refractivity contribution < 1.29 is 4.74 Å². The summed E-state index contributed by atoms with van der Waals surface area (Å²) in [4.78, 5) is 1.29. The minimum atomic E-state index is 0.724. The predicted molar refractivity (Wildman–Crippen MR) is 86.6 cm³/mol. The fourth-order valence-corrected chi connectivity index (χ4v) is 2.87. The highest BCUT2D eigenvalue weighted by Gasteiger charge is 1.98. The minimum Gasteiger partial charge on any atom is -0.493 e. The van der Waals surface area contributed by atoms with Crippen molar-refractivity contribution in [3.8, 4) is 5.75 Å². The third kappa shape index (κ3) is 3.34. The van der Waals surface area contributed by atoms with E-state index in [9.17, 15) is 0 Å². The molecule has 3 rings (SSSR count). The first-order chi connectivity index (χ1) is 9.92. The Hall–Kier alpha value is -1.93. The number of ether oxygens (including phenoxy) is 1. The smallest absolute Gasteiger partial charge is 0.119 e. The van der Waals surface area contributed by atoms with Crippen LogP contribution in [0.25, 0.3) is 10.8 Å². The van der Waals surface area contributed by atoms with E-state index in [4.69, 9.17) is 4.74 Å². The Balaban J connectivity index is 1.55. The van der Waals surface area contributed by atoms with Gasteiger partial charge in [0.15, 0.2) is 0 Å². The summed E-state index contributed by atoms with van der Waals surface area (Å²) in [5, 5.41) is 2.58. The van der Waals surface area contributed by atoms with Crippen LogP contribution in [0.1, 0.15) is 0 Å². The molecule has 0 radical (unpaired) electrons. The van der Waals surface area contributed by atoms with E-state index in [1.807, 2.05) is 42.1 Å². The maximum atomic E-state index is 5.69. The van der Waals surface area contributed by atoms with Crippen molar-refractivity contribution in [2.24, 2.45) is 0 Å². The molecule has 0 aliphatic rings. The van der Waals surface area contributed by atoms with Gasteiger partial charge in [0.1, 0.15) is 5.75 Å². The Morgan fingerprint density at radius 1 is 0.750 bits per heavy atom. The summed E-state index contributed by atoms with van der Waals surface area (Å²) >= 11 is 1.83. The largest absolute Gasteiger partial charge is 0.493 e. The molecule has 1 nitrogen and oxygen atoms in total. The molecule has 0 saturated heterocycles. The van der Waals surface area contributed by atoms with E-state index < -0.39 is 0 Å². The van der Waals surface area contributed by atoms with Crippen LogP contribution >= 0.6 is 11.8 Å². The molecule has 0 unspecified atom stereocenters. The molecule has 3 aromatic carbocycles. The van der Waals surface area contributed by atoms with Gasteiger partial charge >= 0.3 is 0 Å². The summed E-state index contributed by atoms with van der Waals surface area (Å²) in [6.07, 6.45) is 0. The number of rotatable bonds is 5. The molecule has 3 aromatic rings. The van der Waals surface area contributed by atoms with Crippen LogP contribution in [0.4, 0.5) is 0 Å². The minimum absolute atomic E-state index is 0.724. The van der Waals surface area contributed by atoms with Crippen LogP contribution in [0.3, 0.4) is 0 Å². The fraction of sp³-hybridized carbons (Fsp3) is 0.111. The van der Waals surface area contributed by atoms with Crippen molar-refractivity contribution in [1.82, 2.24) is 0 Å². The van der Waals surface area contributed by atoms with Crippen LogP contribution in [0.5, 0.6) is 5.75 Å². The summed E-state index contributed by atoms with van der Waals surface area (Å²) in [6.45, 7) is 0.724. The monoisotopic (exact) mass is 280 g/mol. The molecule has 2 heteroatoms. The quantitative estimate of drug-likeness (QED) is 0.480. The van der Waals surface area contributed by atoms with Gasteiger partial charge in [-0.25, -0.2) is 0 Å². The van der Waals surface area contributed by atoms with Gasteiger partial charge in [-0.3, -0.25) is 0 Å². The van der Waals surface area contributed by atoms with E-state index >= 15 is 0 Å².